The minimum Gasteiger partial charge on any atom is -0.309 e. The van der Waals surface area contributed by atoms with Gasteiger partial charge in [-0.15, -0.1) is 0 Å². The Kier molecular flexibility index (Phi) is 4.82. The van der Waals surface area contributed by atoms with Crippen molar-refractivity contribution in [3.8, 4) is 11.8 Å². The quantitative estimate of drug-likeness (QED) is 0.181. The normalized spacial score (nSPS) is 12.0. The number of fused-ring (bicyclic) bond motifs is 16. The summed E-state index contributed by atoms with van der Waals surface area (Å²) in [4.78, 5) is 0. The molecule has 0 spiro atoms. The van der Waals surface area contributed by atoms with Crippen molar-refractivity contribution in [2.45, 2.75) is 0 Å². The van der Waals surface area contributed by atoms with E-state index in [0.717, 1.165) is 11.1 Å². The molecule has 0 saturated heterocycles. The maximum atomic E-state index is 9.64. The van der Waals surface area contributed by atoms with Crippen LogP contribution < -0.4 is 0 Å². The summed E-state index contributed by atoms with van der Waals surface area (Å²) >= 11 is 0. The number of hydrogen-bond acceptors (Lipinski definition) is 1. The lowest BCUT2D eigenvalue weighted by Gasteiger charge is -2.15. The number of rotatable bonds is 1. The highest BCUT2D eigenvalue weighted by Crippen LogP contribution is 2.45. The van der Waals surface area contributed by atoms with E-state index < -0.39 is 0 Å². The predicted octanol–water partition coefficient (Wildman–Crippen LogP) is 11.6. The van der Waals surface area contributed by atoms with Gasteiger partial charge in [0.1, 0.15) is 0 Å². The molecule has 0 atom stereocenters. The van der Waals surface area contributed by atoms with Gasteiger partial charge < -0.3 is 4.57 Å². The second kappa shape index (κ2) is 8.92. The summed E-state index contributed by atoms with van der Waals surface area (Å²) in [6, 6.07) is 54.9. The Morgan fingerprint density at radius 2 is 0.978 bits per heavy atom. The first-order valence-corrected chi connectivity index (χ1v) is 15.3. The molecule has 2 nitrogen and oxygen atoms in total. The molecule has 0 fully saturated rings. The maximum Gasteiger partial charge on any atom is 0.0991 e. The van der Waals surface area contributed by atoms with Crippen LogP contribution in [0.25, 0.3) is 92.1 Å². The van der Waals surface area contributed by atoms with Crippen molar-refractivity contribution >= 4 is 86.4 Å². The van der Waals surface area contributed by atoms with Crippen molar-refractivity contribution in [2.75, 3.05) is 0 Å². The summed E-state index contributed by atoms with van der Waals surface area (Å²) in [5, 5.41) is 26.9. The molecule has 206 valence electrons. The van der Waals surface area contributed by atoms with Gasteiger partial charge in [-0.1, -0.05) is 115 Å². The van der Waals surface area contributed by atoms with Crippen LogP contribution >= 0.6 is 0 Å². The standard InChI is InChI=1S/C43H24N2/c44-25-26-17-20-32-33-22-19-28(24-39(33)31-12-4-3-11-30(31)38(32)23-26)45-40-16-8-7-15-36(40)42-37-21-18-27-9-1-2-10-29(27)41(37)34-13-5-6-14-35(34)43(42)45/h1-24H. The number of nitrogens with zero attached hydrogens (tertiary/aromatic N) is 2. The highest BCUT2D eigenvalue weighted by atomic mass is 15.0. The highest BCUT2D eigenvalue weighted by molar-refractivity contribution is 6.36. The van der Waals surface area contributed by atoms with Crippen molar-refractivity contribution < 1.29 is 0 Å². The second-order valence-corrected chi connectivity index (χ2v) is 12.0. The van der Waals surface area contributed by atoms with E-state index in [2.05, 4.69) is 144 Å². The second-order valence-electron chi connectivity index (χ2n) is 12.0. The van der Waals surface area contributed by atoms with Crippen molar-refractivity contribution in [1.82, 2.24) is 4.57 Å². The zero-order valence-electron chi connectivity index (χ0n) is 24.3. The molecule has 45 heavy (non-hydrogen) atoms. The molecule has 10 rings (SSSR count). The summed E-state index contributed by atoms with van der Waals surface area (Å²) in [5.74, 6) is 0. The minimum atomic E-state index is 0.681. The van der Waals surface area contributed by atoms with Crippen molar-refractivity contribution in [3.63, 3.8) is 0 Å². The molecule has 0 saturated carbocycles. The SMILES string of the molecule is N#Cc1ccc2c3ccc(-n4c5ccccc5c5c6ccc7ccccc7c6c6ccccc6c54)cc3c3ccccc3c2c1. The third-order valence-electron chi connectivity index (χ3n) is 9.73. The van der Waals surface area contributed by atoms with Crippen LogP contribution in [0.15, 0.2) is 146 Å². The average molecular weight is 569 g/mol. The largest absolute Gasteiger partial charge is 0.309 e. The lowest BCUT2D eigenvalue weighted by Crippen LogP contribution is -1.96. The predicted molar refractivity (Wildman–Crippen MR) is 191 cm³/mol. The van der Waals surface area contributed by atoms with Crippen LogP contribution in [0.3, 0.4) is 0 Å². The molecular weight excluding hydrogens is 544 g/mol. The average Bonchev–Trinajstić information content (AvgIpc) is 3.47. The van der Waals surface area contributed by atoms with E-state index in [1.807, 2.05) is 12.1 Å². The lowest BCUT2D eigenvalue weighted by molar-refractivity contribution is 1.19. The van der Waals surface area contributed by atoms with Gasteiger partial charge in [-0.25, -0.2) is 0 Å². The van der Waals surface area contributed by atoms with Gasteiger partial charge in [0.15, 0.2) is 0 Å². The zero-order valence-corrected chi connectivity index (χ0v) is 24.3. The van der Waals surface area contributed by atoms with Gasteiger partial charge in [0.05, 0.1) is 22.7 Å². The number of para-hydroxylation sites is 1. The molecule has 0 unspecified atom stereocenters. The molecule has 0 radical (unpaired) electrons. The molecule has 1 heterocycles. The fourth-order valence-corrected chi connectivity index (χ4v) is 7.87. The molecular formula is C43H24N2. The van der Waals surface area contributed by atoms with Gasteiger partial charge in [0.25, 0.3) is 0 Å². The molecule has 0 N–H and O–H groups in total. The van der Waals surface area contributed by atoms with Gasteiger partial charge >= 0.3 is 0 Å². The van der Waals surface area contributed by atoms with Crippen LogP contribution in [0.4, 0.5) is 0 Å². The van der Waals surface area contributed by atoms with E-state index in [0.29, 0.717) is 5.56 Å². The first-order chi connectivity index (χ1) is 22.3. The molecule has 2 heteroatoms. The van der Waals surface area contributed by atoms with E-state index >= 15 is 0 Å². The Morgan fingerprint density at radius 3 is 1.76 bits per heavy atom. The third kappa shape index (κ3) is 3.22. The van der Waals surface area contributed by atoms with Crippen LogP contribution in [0.5, 0.6) is 0 Å². The molecule has 0 aliphatic heterocycles. The fraction of sp³-hybridized carbons (Fsp3) is 0. The van der Waals surface area contributed by atoms with E-state index in [1.165, 1.54) is 81.1 Å². The van der Waals surface area contributed by atoms with Gasteiger partial charge in [0.2, 0.25) is 0 Å². The Balaban J connectivity index is 1.41. The smallest absolute Gasteiger partial charge is 0.0991 e. The molecule has 0 bridgehead atoms. The zero-order chi connectivity index (χ0) is 29.6. The Bertz CT molecular complexity index is 2920. The van der Waals surface area contributed by atoms with Crippen molar-refractivity contribution in [2.24, 2.45) is 0 Å². The molecule has 0 aliphatic rings. The molecule has 10 aromatic rings. The van der Waals surface area contributed by atoms with Crippen LogP contribution in [0.2, 0.25) is 0 Å². The van der Waals surface area contributed by atoms with Crippen molar-refractivity contribution in [1.29, 1.82) is 5.26 Å². The van der Waals surface area contributed by atoms with Crippen molar-refractivity contribution in [3.05, 3.63) is 151 Å². The molecule has 0 aliphatic carbocycles. The Labute approximate surface area is 258 Å². The van der Waals surface area contributed by atoms with Crippen LogP contribution in [0, 0.1) is 11.3 Å². The van der Waals surface area contributed by atoms with E-state index in [1.54, 1.807) is 0 Å². The van der Waals surface area contributed by atoms with Gasteiger partial charge in [-0.2, -0.15) is 5.26 Å². The van der Waals surface area contributed by atoms with Crippen LogP contribution in [-0.4, -0.2) is 4.57 Å². The monoisotopic (exact) mass is 568 g/mol. The van der Waals surface area contributed by atoms with Gasteiger partial charge in [-0.3, -0.25) is 0 Å². The minimum absolute atomic E-state index is 0.681. The summed E-state index contributed by atoms with van der Waals surface area (Å²) in [6.07, 6.45) is 0. The summed E-state index contributed by atoms with van der Waals surface area (Å²) in [6.45, 7) is 0. The first-order valence-electron chi connectivity index (χ1n) is 15.3. The molecule has 0 amide bonds. The summed E-state index contributed by atoms with van der Waals surface area (Å²) in [5.41, 5.74) is 4.25. The van der Waals surface area contributed by atoms with Gasteiger partial charge in [0, 0.05) is 21.8 Å². The first kappa shape index (κ1) is 24.3. The van der Waals surface area contributed by atoms with E-state index in [-0.39, 0.29) is 0 Å². The topological polar surface area (TPSA) is 28.7 Å². The summed E-state index contributed by atoms with van der Waals surface area (Å²) in [7, 11) is 0. The maximum absolute atomic E-state index is 9.64. The highest BCUT2D eigenvalue weighted by Gasteiger charge is 2.20. The Morgan fingerprint density at radius 1 is 0.400 bits per heavy atom. The van der Waals surface area contributed by atoms with E-state index in [4.69, 9.17) is 0 Å². The third-order valence-corrected chi connectivity index (χ3v) is 9.73. The number of hydrogen-bond donors (Lipinski definition) is 0. The molecule has 1 aromatic heterocycles. The van der Waals surface area contributed by atoms with E-state index in [9.17, 15) is 5.26 Å². The van der Waals surface area contributed by atoms with Gasteiger partial charge in [-0.05, 0) is 89.6 Å². The summed E-state index contributed by atoms with van der Waals surface area (Å²) < 4.78 is 2.47. The number of benzene rings is 9. The van der Waals surface area contributed by atoms with Crippen LogP contribution in [0.1, 0.15) is 5.56 Å². The number of nitriles is 1. The Hall–Kier alpha value is -6.17. The fourth-order valence-electron chi connectivity index (χ4n) is 7.87. The van der Waals surface area contributed by atoms with Crippen LogP contribution in [-0.2, 0) is 0 Å². The number of aromatic nitrogens is 1. The lowest BCUT2D eigenvalue weighted by atomic mass is 9.92. The molecule has 9 aromatic carbocycles.